The molecule has 1 aromatic heterocycles. The van der Waals surface area contributed by atoms with Gasteiger partial charge in [0, 0.05) is 23.7 Å². The number of hydrogen-bond acceptors (Lipinski definition) is 7. The molecule has 9 heteroatoms. The minimum Gasteiger partial charge on any atom is -0.497 e. The van der Waals surface area contributed by atoms with Crippen molar-refractivity contribution in [1.82, 2.24) is 15.3 Å². The van der Waals surface area contributed by atoms with Gasteiger partial charge in [0.25, 0.3) is 0 Å². The number of amides is 1. The van der Waals surface area contributed by atoms with Crippen LogP contribution < -0.4 is 15.0 Å². The van der Waals surface area contributed by atoms with Crippen LogP contribution in [-0.2, 0) is 26.6 Å². The fourth-order valence-corrected chi connectivity index (χ4v) is 4.48. The van der Waals surface area contributed by atoms with E-state index in [1.165, 1.54) is 0 Å². The molecule has 1 fully saturated rings. The molecule has 1 aromatic carbocycles. The third-order valence-electron chi connectivity index (χ3n) is 5.45. The zero-order valence-corrected chi connectivity index (χ0v) is 16.6. The number of hydrogen-bond donors (Lipinski definition) is 1. The first-order chi connectivity index (χ1) is 13.3. The molecule has 0 radical (unpaired) electrons. The lowest BCUT2D eigenvalue weighted by atomic mass is 9.71. The van der Waals surface area contributed by atoms with Gasteiger partial charge in [-0.15, -0.1) is 0 Å². The van der Waals surface area contributed by atoms with Crippen LogP contribution in [0.3, 0.4) is 0 Å². The Bertz CT molecular complexity index is 1010. The van der Waals surface area contributed by atoms with Gasteiger partial charge in [-0.05, 0) is 50.2 Å². The number of anilines is 1. The van der Waals surface area contributed by atoms with Crippen molar-refractivity contribution in [3.63, 3.8) is 0 Å². The van der Waals surface area contributed by atoms with Crippen LogP contribution in [0.4, 0.5) is 5.69 Å². The van der Waals surface area contributed by atoms with Gasteiger partial charge in [-0.25, -0.2) is 18.4 Å². The SMILES string of the molecule is COc1ccc(N2Cc3cnc(S(C)(=O)=O)nc3C3(CCNCC3)C2=O)cc1. The smallest absolute Gasteiger partial charge is 0.247 e. The lowest BCUT2D eigenvalue weighted by molar-refractivity contribution is -0.126. The number of carbonyl (C=O) groups excluding carboxylic acids is 1. The van der Waals surface area contributed by atoms with Gasteiger partial charge in [-0.1, -0.05) is 0 Å². The van der Waals surface area contributed by atoms with Gasteiger partial charge in [0.2, 0.25) is 20.9 Å². The number of fused-ring (bicyclic) bond motifs is 2. The first kappa shape index (κ1) is 18.8. The normalized spacial score (nSPS) is 18.8. The number of carbonyl (C=O) groups is 1. The summed E-state index contributed by atoms with van der Waals surface area (Å²) in [4.78, 5) is 23.8. The minimum absolute atomic E-state index is 0.0511. The van der Waals surface area contributed by atoms with Crippen LogP contribution in [0.2, 0.25) is 0 Å². The quantitative estimate of drug-likeness (QED) is 0.766. The average Bonchev–Trinajstić information content (AvgIpc) is 2.71. The Kier molecular flexibility index (Phi) is 4.59. The summed E-state index contributed by atoms with van der Waals surface area (Å²) in [5, 5.41) is 3.05. The largest absolute Gasteiger partial charge is 0.497 e. The summed E-state index contributed by atoms with van der Waals surface area (Å²) >= 11 is 0. The number of methoxy groups -OCH3 is 1. The van der Waals surface area contributed by atoms with E-state index in [9.17, 15) is 13.2 Å². The van der Waals surface area contributed by atoms with Crippen molar-refractivity contribution in [2.24, 2.45) is 0 Å². The molecule has 3 heterocycles. The Morgan fingerprint density at radius 3 is 2.46 bits per heavy atom. The second kappa shape index (κ2) is 6.82. The number of nitrogens with one attached hydrogen (secondary N) is 1. The number of ether oxygens (including phenoxy) is 1. The highest BCUT2D eigenvalue weighted by Crippen LogP contribution is 2.42. The van der Waals surface area contributed by atoms with Crippen LogP contribution >= 0.6 is 0 Å². The zero-order valence-electron chi connectivity index (χ0n) is 15.8. The maximum absolute atomic E-state index is 13.6. The number of sulfone groups is 1. The summed E-state index contributed by atoms with van der Waals surface area (Å²) in [6.07, 6.45) is 3.75. The van der Waals surface area contributed by atoms with Crippen molar-refractivity contribution in [3.05, 3.63) is 41.7 Å². The number of benzene rings is 1. The highest BCUT2D eigenvalue weighted by molar-refractivity contribution is 7.90. The fourth-order valence-electron chi connectivity index (χ4n) is 3.98. The third-order valence-corrected chi connectivity index (χ3v) is 6.31. The van der Waals surface area contributed by atoms with E-state index in [1.807, 2.05) is 24.3 Å². The number of aromatic nitrogens is 2. The lowest BCUT2D eigenvalue weighted by Gasteiger charge is -2.44. The third kappa shape index (κ3) is 3.04. The Hall–Kier alpha value is -2.52. The molecule has 0 bridgehead atoms. The first-order valence-electron chi connectivity index (χ1n) is 9.08. The van der Waals surface area contributed by atoms with Gasteiger partial charge < -0.3 is 15.0 Å². The molecule has 1 spiro atoms. The highest BCUT2D eigenvalue weighted by atomic mass is 32.2. The van der Waals surface area contributed by atoms with Crippen molar-refractivity contribution >= 4 is 21.4 Å². The molecule has 1 amide bonds. The Morgan fingerprint density at radius 2 is 1.86 bits per heavy atom. The molecule has 2 aliphatic heterocycles. The summed E-state index contributed by atoms with van der Waals surface area (Å²) in [6.45, 7) is 1.64. The van der Waals surface area contributed by atoms with E-state index in [-0.39, 0.29) is 11.1 Å². The first-order valence-corrected chi connectivity index (χ1v) is 11.0. The average molecular weight is 402 g/mol. The summed E-state index contributed by atoms with van der Waals surface area (Å²) in [5.74, 6) is 0.663. The Labute approximate surface area is 163 Å². The van der Waals surface area contributed by atoms with Crippen LogP contribution in [-0.4, -0.2) is 50.7 Å². The monoisotopic (exact) mass is 402 g/mol. The molecule has 1 N–H and O–H groups in total. The Balaban J connectivity index is 1.84. The van der Waals surface area contributed by atoms with E-state index in [0.717, 1.165) is 17.5 Å². The summed E-state index contributed by atoms with van der Waals surface area (Å²) < 4.78 is 29.2. The molecule has 0 unspecified atom stereocenters. The van der Waals surface area contributed by atoms with E-state index >= 15 is 0 Å². The van der Waals surface area contributed by atoms with E-state index in [2.05, 4.69) is 15.3 Å². The second-order valence-corrected chi connectivity index (χ2v) is 9.13. The molecule has 28 heavy (non-hydrogen) atoms. The van der Waals surface area contributed by atoms with Crippen molar-refractivity contribution in [3.8, 4) is 5.75 Å². The van der Waals surface area contributed by atoms with Crippen LogP contribution in [0.1, 0.15) is 24.1 Å². The topological polar surface area (TPSA) is 101 Å². The molecule has 4 rings (SSSR count). The maximum Gasteiger partial charge on any atom is 0.247 e. The number of piperidine rings is 1. The molecule has 0 atom stereocenters. The predicted molar refractivity (Wildman–Crippen MR) is 103 cm³/mol. The van der Waals surface area contributed by atoms with Crippen molar-refractivity contribution in [2.45, 2.75) is 30.0 Å². The Morgan fingerprint density at radius 1 is 1.18 bits per heavy atom. The summed E-state index contributed by atoms with van der Waals surface area (Å²) in [6, 6.07) is 7.33. The maximum atomic E-state index is 13.6. The van der Waals surface area contributed by atoms with Gasteiger partial charge in [0.1, 0.15) is 5.75 Å². The molecular weight excluding hydrogens is 380 g/mol. The highest BCUT2D eigenvalue weighted by Gasteiger charge is 2.50. The van der Waals surface area contributed by atoms with Crippen LogP contribution in [0.15, 0.2) is 35.6 Å². The standard InChI is InChI=1S/C19H22N4O4S/c1-27-15-5-3-14(4-6-15)23-12-13-11-21-18(28(2,25)26)22-16(13)19(17(23)24)7-9-20-10-8-19/h3-6,11,20H,7-10,12H2,1-2H3. The molecule has 2 aromatic rings. The van der Waals surface area contributed by atoms with Gasteiger partial charge in [-0.3, -0.25) is 4.79 Å². The van der Waals surface area contributed by atoms with E-state index < -0.39 is 15.3 Å². The fraction of sp³-hybridized carbons (Fsp3) is 0.421. The van der Waals surface area contributed by atoms with Crippen LogP contribution in [0, 0.1) is 0 Å². The van der Waals surface area contributed by atoms with Crippen molar-refractivity contribution in [2.75, 3.05) is 31.4 Å². The van der Waals surface area contributed by atoms with Gasteiger partial charge in [0.05, 0.1) is 24.8 Å². The van der Waals surface area contributed by atoms with E-state index in [0.29, 0.717) is 43.9 Å². The number of nitrogens with zero attached hydrogens (tertiary/aromatic N) is 3. The van der Waals surface area contributed by atoms with Gasteiger partial charge in [-0.2, -0.15) is 0 Å². The van der Waals surface area contributed by atoms with Crippen molar-refractivity contribution < 1.29 is 17.9 Å². The van der Waals surface area contributed by atoms with Gasteiger partial charge >= 0.3 is 0 Å². The van der Waals surface area contributed by atoms with E-state index in [1.54, 1.807) is 18.2 Å². The second-order valence-electron chi connectivity index (χ2n) is 7.22. The van der Waals surface area contributed by atoms with E-state index in [4.69, 9.17) is 4.74 Å². The molecule has 1 saturated heterocycles. The van der Waals surface area contributed by atoms with Crippen LogP contribution in [0.5, 0.6) is 5.75 Å². The zero-order chi connectivity index (χ0) is 19.9. The molecular formula is C19H22N4O4S. The molecule has 8 nitrogen and oxygen atoms in total. The minimum atomic E-state index is -3.56. The molecule has 2 aliphatic rings. The van der Waals surface area contributed by atoms with Crippen molar-refractivity contribution in [1.29, 1.82) is 0 Å². The molecule has 0 aliphatic carbocycles. The molecule has 0 saturated carbocycles. The lowest BCUT2D eigenvalue weighted by Crippen LogP contribution is -2.56. The summed E-state index contributed by atoms with van der Waals surface area (Å²) in [5.41, 5.74) is 1.26. The summed E-state index contributed by atoms with van der Waals surface area (Å²) in [7, 11) is -1.96. The van der Waals surface area contributed by atoms with Gasteiger partial charge in [0.15, 0.2) is 0 Å². The van der Waals surface area contributed by atoms with Crippen LogP contribution in [0.25, 0.3) is 0 Å². The molecule has 148 valence electrons. The predicted octanol–water partition coefficient (Wildman–Crippen LogP) is 1.06. The number of rotatable bonds is 3.